The summed E-state index contributed by atoms with van der Waals surface area (Å²) < 4.78 is 110. The first-order valence-corrected chi connectivity index (χ1v) is 40.3. The van der Waals surface area contributed by atoms with E-state index in [1.54, 1.807) is 56.5 Å². The maximum atomic E-state index is 14.0. The topological polar surface area (TPSA) is 442 Å². The summed E-state index contributed by atoms with van der Waals surface area (Å²) in [5.41, 5.74) is -0.919. The number of fused-ring (bicyclic) bond motifs is 1. The molecule has 38 nitrogen and oxygen atoms in total. The van der Waals surface area contributed by atoms with Crippen LogP contribution in [0.4, 0.5) is 26.3 Å². The molecule has 0 spiro atoms. The van der Waals surface area contributed by atoms with Crippen LogP contribution in [-0.2, 0) is 13.1 Å². The second-order valence-electron chi connectivity index (χ2n) is 29.5. The van der Waals surface area contributed by atoms with Gasteiger partial charge in [0.15, 0.2) is 57.2 Å². The molecular formula is C79H90F6IN17O21. The van der Waals surface area contributed by atoms with Crippen LogP contribution in [0, 0.1) is 38.5 Å². The van der Waals surface area contributed by atoms with Crippen LogP contribution in [0.2, 0.25) is 0 Å². The summed E-state index contributed by atoms with van der Waals surface area (Å²) in [5, 5.41) is 66.2. The number of halogens is 7. The highest BCUT2D eigenvalue weighted by molar-refractivity contribution is 14.1. The van der Waals surface area contributed by atoms with E-state index in [0.717, 1.165) is 10.4 Å². The minimum Gasteiger partial charge on any atom is -0.502 e. The van der Waals surface area contributed by atoms with Crippen molar-refractivity contribution in [3.8, 4) is 28.7 Å². The van der Waals surface area contributed by atoms with Crippen LogP contribution >= 0.6 is 22.6 Å². The van der Waals surface area contributed by atoms with Gasteiger partial charge in [0, 0.05) is 111 Å². The van der Waals surface area contributed by atoms with Crippen LogP contribution in [-0.4, -0.2) is 228 Å². The van der Waals surface area contributed by atoms with Gasteiger partial charge in [0.05, 0.1) is 81.0 Å². The van der Waals surface area contributed by atoms with E-state index in [2.05, 4.69) is 21.4 Å². The summed E-state index contributed by atoms with van der Waals surface area (Å²) in [4.78, 5) is 158. The van der Waals surface area contributed by atoms with Crippen molar-refractivity contribution in [2.24, 2.45) is 0 Å². The molecule has 124 heavy (non-hydrogen) atoms. The molecule has 9 unspecified atom stereocenters. The molecular weight excluding hydrogens is 1760 g/mol. The van der Waals surface area contributed by atoms with Gasteiger partial charge in [-0.25, -0.2) is 45.0 Å². The Labute approximate surface area is 714 Å². The molecule has 0 saturated heterocycles. The van der Waals surface area contributed by atoms with E-state index in [0.29, 0.717) is 85.0 Å². The van der Waals surface area contributed by atoms with E-state index >= 15 is 0 Å². The lowest BCUT2D eigenvalue weighted by molar-refractivity contribution is 0.0600. The molecule has 666 valence electrons. The molecule has 16 rings (SSSR count). The van der Waals surface area contributed by atoms with Gasteiger partial charge in [0.2, 0.25) is 27.1 Å². The molecule has 2 aromatic carbocycles. The zero-order chi connectivity index (χ0) is 91.0. The molecule has 0 aliphatic carbocycles. The van der Waals surface area contributed by atoms with Crippen molar-refractivity contribution < 1.29 is 104 Å². The second kappa shape index (κ2) is 35.5. The van der Waals surface area contributed by atoms with Crippen molar-refractivity contribution in [3.63, 3.8) is 0 Å². The fraction of sp³-hybridized carbons (Fsp3) is 0.443. The van der Waals surface area contributed by atoms with Gasteiger partial charge in [-0.05, 0) is 84.9 Å². The zero-order valence-electron chi connectivity index (χ0n) is 69.4. The number of aliphatic hydroxyl groups is 4. The SMILES string of the molecule is CCN1C(=O)c2c(O)c(=O)c(C(=O)NCc3c(F)cc(F)cc3F)c3n2N(CC3O)C1C.CCN1C(=O)c2c(OC)c(=O)c(C(=O)NCc3c(F)cc(F)cc3F)c3n2N(CC3O)C1C.CCN1C(=O)c2c(OC)c(=O)c(I)c3n2N(CC3O)C1C.CCN1C(=O)c2c(OC)c(=O)cc3n2N(CC3O)C1C.CCNC(=O)c1c(OC)c(=O)cc2n1NCC2C. The largest absolute Gasteiger partial charge is 0.502 e. The molecule has 0 fully saturated rings. The van der Waals surface area contributed by atoms with Gasteiger partial charge in [0.25, 0.3) is 41.4 Å². The number of nitrogens with one attached hydrogen (secondary N) is 4. The molecule has 5 aromatic heterocycles. The summed E-state index contributed by atoms with van der Waals surface area (Å²) in [5.74, 6) is -12.3. The van der Waals surface area contributed by atoms with E-state index in [1.165, 1.54) is 60.1 Å². The molecule has 9 N–H and O–H groups in total. The van der Waals surface area contributed by atoms with Crippen LogP contribution in [0.1, 0.15) is 212 Å². The third-order valence-corrected chi connectivity index (χ3v) is 23.9. The smallest absolute Gasteiger partial charge is 0.278 e. The Hall–Kier alpha value is -12.4. The van der Waals surface area contributed by atoms with Crippen molar-refractivity contribution in [2.45, 2.75) is 137 Å². The van der Waals surface area contributed by atoms with E-state index in [-0.39, 0.29) is 129 Å². The van der Waals surface area contributed by atoms with E-state index < -0.39 is 153 Å². The molecule has 9 aliphatic rings. The normalized spacial score (nSPS) is 20.4. The van der Waals surface area contributed by atoms with Crippen LogP contribution in [0.25, 0.3) is 0 Å². The third-order valence-electron chi connectivity index (χ3n) is 22.8. The number of nitrogens with zero attached hydrogens (tertiary/aromatic N) is 13. The Morgan fingerprint density at radius 1 is 0.444 bits per heavy atom. The van der Waals surface area contributed by atoms with E-state index in [9.17, 15) is 109 Å². The Morgan fingerprint density at radius 3 is 1.20 bits per heavy atom. The summed E-state index contributed by atoms with van der Waals surface area (Å²) in [6.45, 7) is 20.3. The van der Waals surface area contributed by atoms with Gasteiger partial charge < -0.3 is 85.5 Å². The van der Waals surface area contributed by atoms with Gasteiger partial charge in [-0.2, -0.15) is 0 Å². The lowest BCUT2D eigenvalue weighted by Crippen LogP contribution is -2.59. The number of aromatic hydroxyl groups is 1. The van der Waals surface area contributed by atoms with Crippen LogP contribution in [0.3, 0.4) is 0 Å². The molecule has 0 saturated carbocycles. The predicted octanol–water partition coefficient (Wildman–Crippen LogP) is 1.92. The van der Waals surface area contributed by atoms with Gasteiger partial charge in [0.1, 0.15) is 95.1 Å². The van der Waals surface area contributed by atoms with Crippen LogP contribution in [0.15, 0.2) is 60.4 Å². The summed E-state index contributed by atoms with van der Waals surface area (Å²) in [6, 6.07) is 4.68. The zero-order valence-corrected chi connectivity index (χ0v) is 71.5. The predicted molar refractivity (Wildman–Crippen MR) is 437 cm³/mol. The lowest BCUT2D eigenvalue weighted by atomic mass is 10.1. The highest BCUT2D eigenvalue weighted by atomic mass is 127. The third kappa shape index (κ3) is 15.0. The summed E-state index contributed by atoms with van der Waals surface area (Å²) in [6.07, 6.45) is -5.62. The maximum Gasteiger partial charge on any atom is 0.278 e. The molecule has 7 amide bonds. The number of benzene rings is 2. The quantitative estimate of drug-likeness (QED) is 0.0493. The lowest BCUT2D eigenvalue weighted by Gasteiger charge is -2.42. The Morgan fingerprint density at radius 2 is 0.790 bits per heavy atom. The Balaban J connectivity index is 0.000000144. The minimum absolute atomic E-state index is 0.00788. The van der Waals surface area contributed by atoms with Crippen molar-refractivity contribution in [2.75, 3.05) is 119 Å². The number of ether oxygens (including phenoxy) is 4. The number of hydrogen-bond acceptors (Lipinski definition) is 26. The number of methoxy groups -OCH3 is 4. The molecule has 14 heterocycles. The second-order valence-corrected chi connectivity index (χ2v) is 30.6. The number of amides is 7. The van der Waals surface area contributed by atoms with Crippen molar-refractivity contribution in [1.82, 2.24) is 58.9 Å². The maximum absolute atomic E-state index is 14.0. The van der Waals surface area contributed by atoms with E-state index in [1.807, 2.05) is 74.2 Å². The number of carbonyl (C=O) groups excluding carboxylic acids is 7. The monoisotopic (exact) mass is 1850 g/mol. The average molecular weight is 1850 g/mol. The van der Waals surface area contributed by atoms with E-state index in [4.69, 9.17) is 18.9 Å². The fourth-order valence-corrected chi connectivity index (χ4v) is 17.7. The number of carbonyl (C=O) groups is 7. The summed E-state index contributed by atoms with van der Waals surface area (Å²) in [7, 11) is 5.32. The van der Waals surface area contributed by atoms with Gasteiger partial charge in [-0.3, -0.25) is 82.2 Å². The molecule has 0 bridgehead atoms. The fourth-order valence-electron chi connectivity index (χ4n) is 16.8. The van der Waals surface area contributed by atoms with Gasteiger partial charge in [-0.1, -0.05) is 6.92 Å². The number of hydrogen-bond donors (Lipinski definition) is 9. The van der Waals surface area contributed by atoms with Gasteiger partial charge in [-0.15, -0.1) is 0 Å². The standard InChI is InChI=1S/C21H21F3N4O5.C20H19F3N4O5.C13H16IN3O4.C13H17N3O4.C12H17N3O3/c1-4-26-9(2)27-8-14(29)16-15(18(30)19(33-3)17(21(26)32)28(16)27)20(31)25-7-11-12(23)5-10(22)6-13(11)24;1-3-25-8(2)26-7-13(28)15-14(17(29)18(30)16(20(25)32)27(15)26)19(31)24-6-10-11(22)4-9(21)5-12(10)23;1-4-15-6(2)16-5-7(18)9-8(14)11(19)12(21-3)10(13(15)20)17(9)16;1-4-14-7(2)15-6-10(18)8-5-9(17)12(20-3)11(13(14)19)16(8)15;1-4-13-12(17)10-11(18-3)9(16)5-8-7(2)6-14-15(8)10/h5-6,9,14,29H,4,7-8H2,1-3H3,(H,25,31);4-5,8,13,28,30H,3,6-7H2,1-2H3,(H,24,31);6-7,18H,4-5H2,1-3H3;5,7,10,18H,4,6H2,1-3H3;5,7,14H,4,6H2,1-3H3,(H,13,17). The number of rotatable bonds is 16. The van der Waals surface area contributed by atoms with Crippen LogP contribution < -0.4 is 87.5 Å². The number of aliphatic hydroxyl groups excluding tert-OH is 4. The highest BCUT2D eigenvalue weighted by Crippen LogP contribution is 2.41. The molecule has 45 heteroatoms. The Kier molecular flexibility index (Phi) is 26.0. The van der Waals surface area contributed by atoms with Crippen molar-refractivity contribution >= 4 is 63.9 Å². The first-order valence-electron chi connectivity index (χ1n) is 39.2. The first kappa shape index (κ1) is 90.9. The summed E-state index contributed by atoms with van der Waals surface area (Å²) >= 11 is 1.91. The van der Waals surface area contributed by atoms with Crippen molar-refractivity contribution in [1.29, 1.82) is 0 Å². The molecule has 9 aliphatic heterocycles. The molecule has 9 atom stereocenters. The minimum atomic E-state index is -1.35. The number of aromatic nitrogens is 5. The number of pyridine rings is 5. The Bertz CT molecular complexity index is 5860. The first-order chi connectivity index (χ1) is 58.7. The molecule has 0 radical (unpaired) electrons. The average Bonchev–Trinajstić information content (AvgIpc) is 1.52. The van der Waals surface area contributed by atoms with Crippen LogP contribution in [0.5, 0.6) is 28.7 Å². The molecule has 7 aromatic rings. The van der Waals surface area contributed by atoms with Gasteiger partial charge >= 0.3 is 0 Å². The highest BCUT2D eigenvalue weighted by Gasteiger charge is 2.51. The van der Waals surface area contributed by atoms with Crippen molar-refractivity contribution in [3.05, 3.63) is 205 Å².